The van der Waals surface area contributed by atoms with Gasteiger partial charge in [0, 0.05) is 18.2 Å². The van der Waals surface area contributed by atoms with Crippen LogP contribution in [0.4, 0.5) is 10.3 Å². The molecule has 0 bridgehead atoms. The van der Waals surface area contributed by atoms with E-state index in [1.165, 1.54) is 12.1 Å². The maximum absolute atomic E-state index is 13.1. The molecule has 2 N–H and O–H groups in total. The summed E-state index contributed by atoms with van der Waals surface area (Å²) >= 11 is 0. The number of benzene rings is 1. The van der Waals surface area contributed by atoms with Crippen LogP contribution in [-0.4, -0.2) is 34.1 Å². The van der Waals surface area contributed by atoms with Crippen molar-refractivity contribution in [2.45, 2.75) is 25.9 Å². The first-order valence-corrected chi connectivity index (χ1v) is 5.90. The quantitative estimate of drug-likeness (QED) is 0.907. The highest BCUT2D eigenvalue weighted by Gasteiger charge is 2.23. The summed E-state index contributed by atoms with van der Waals surface area (Å²) in [6.07, 6.45) is 0. The van der Waals surface area contributed by atoms with E-state index in [4.69, 9.17) is 5.73 Å². The first kappa shape index (κ1) is 12.8. The molecule has 5 heteroatoms. The molecule has 1 aromatic heterocycles. The Labute approximate surface area is 106 Å². The van der Waals surface area contributed by atoms with E-state index in [9.17, 15) is 4.39 Å². The van der Waals surface area contributed by atoms with Crippen molar-refractivity contribution in [3.05, 3.63) is 24.0 Å². The molecular weight excluding hydrogens is 231 g/mol. The van der Waals surface area contributed by atoms with Crippen molar-refractivity contribution in [2.75, 3.05) is 19.8 Å². The molecular formula is C13H19FN4. The van der Waals surface area contributed by atoms with Gasteiger partial charge < -0.3 is 15.2 Å². The molecule has 0 fully saturated rings. The predicted molar refractivity (Wildman–Crippen MR) is 71.9 cm³/mol. The Morgan fingerprint density at radius 2 is 2.06 bits per heavy atom. The summed E-state index contributed by atoms with van der Waals surface area (Å²) in [5.41, 5.74) is 7.33. The molecule has 0 aliphatic carbocycles. The summed E-state index contributed by atoms with van der Waals surface area (Å²) in [5, 5.41) is 0. The number of nitrogens with two attached hydrogens (primary N) is 1. The van der Waals surface area contributed by atoms with E-state index in [1.807, 2.05) is 18.7 Å². The van der Waals surface area contributed by atoms with Crippen LogP contribution in [0, 0.1) is 5.82 Å². The number of hydrogen-bond acceptors (Lipinski definition) is 3. The van der Waals surface area contributed by atoms with Gasteiger partial charge in [0.1, 0.15) is 5.82 Å². The summed E-state index contributed by atoms with van der Waals surface area (Å²) in [7, 11) is 4.05. The van der Waals surface area contributed by atoms with Crippen molar-refractivity contribution >= 4 is 17.0 Å². The minimum Gasteiger partial charge on any atom is -0.369 e. The topological polar surface area (TPSA) is 47.1 Å². The Morgan fingerprint density at radius 3 is 2.67 bits per heavy atom. The average molecular weight is 250 g/mol. The predicted octanol–water partition coefficient (Wildman–Crippen LogP) is 2.10. The van der Waals surface area contributed by atoms with Crippen molar-refractivity contribution < 1.29 is 4.39 Å². The second kappa shape index (κ2) is 4.24. The second-order valence-electron chi connectivity index (χ2n) is 5.40. The summed E-state index contributed by atoms with van der Waals surface area (Å²) in [5.74, 6) is 0.129. The van der Waals surface area contributed by atoms with Crippen LogP contribution in [0.15, 0.2) is 18.2 Å². The van der Waals surface area contributed by atoms with E-state index in [2.05, 4.69) is 23.7 Å². The van der Waals surface area contributed by atoms with Crippen LogP contribution >= 0.6 is 0 Å². The Morgan fingerprint density at radius 1 is 1.39 bits per heavy atom. The van der Waals surface area contributed by atoms with E-state index in [-0.39, 0.29) is 11.4 Å². The Bertz CT molecular complexity index is 572. The fourth-order valence-electron chi connectivity index (χ4n) is 1.82. The minimum absolute atomic E-state index is 0.0594. The molecule has 98 valence electrons. The number of anilines is 1. The highest BCUT2D eigenvalue weighted by molar-refractivity contribution is 5.78. The lowest BCUT2D eigenvalue weighted by molar-refractivity contribution is 0.172. The number of halogens is 1. The molecule has 0 saturated carbocycles. The maximum atomic E-state index is 13.1. The maximum Gasteiger partial charge on any atom is 0.201 e. The van der Waals surface area contributed by atoms with Gasteiger partial charge in [0.15, 0.2) is 0 Å². The van der Waals surface area contributed by atoms with Crippen molar-refractivity contribution in [2.24, 2.45) is 0 Å². The summed E-state index contributed by atoms with van der Waals surface area (Å²) in [6.45, 7) is 4.96. The molecule has 1 aromatic carbocycles. The fourth-order valence-corrected chi connectivity index (χ4v) is 1.82. The average Bonchev–Trinajstić information content (AvgIpc) is 2.54. The van der Waals surface area contributed by atoms with Crippen LogP contribution in [0.25, 0.3) is 11.0 Å². The van der Waals surface area contributed by atoms with Gasteiger partial charge in [-0.1, -0.05) is 0 Å². The van der Waals surface area contributed by atoms with Gasteiger partial charge in [-0.3, -0.25) is 0 Å². The Kier molecular flexibility index (Phi) is 3.02. The van der Waals surface area contributed by atoms with Gasteiger partial charge in [0.25, 0.3) is 0 Å². The zero-order chi connectivity index (χ0) is 13.5. The second-order valence-corrected chi connectivity index (χ2v) is 5.40. The molecule has 2 rings (SSSR count). The minimum atomic E-state index is -0.293. The summed E-state index contributed by atoms with van der Waals surface area (Å²) in [4.78, 5) is 6.33. The Balaban J connectivity index is 2.48. The van der Waals surface area contributed by atoms with Crippen molar-refractivity contribution in [1.82, 2.24) is 14.5 Å². The molecule has 0 amide bonds. The van der Waals surface area contributed by atoms with E-state index in [1.54, 1.807) is 6.07 Å². The first-order valence-electron chi connectivity index (χ1n) is 5.90. The number of nitrogen functional groups attached to an aromatic ring is 1. The number of hydrogen-bond donors (Lipinski definition) is 1. The standard InChI is InChI=1S/C13H19FN4/c1-13(2,17(3)4)8-18-11-6-5-9(14)7-10(11)16-12(18)15/h5-7H,8H2,1-4H3,(H2,15,16). The number of fused-ring (bicyclic) bond motifs is 1. The lowest BCUT2D eigenvalue weighted by atomic mass is 10.0. The molecule has 2 aromatic rings. The van der Waals surface area contributed by atoms with Crippen LogP contribution in [0.5, 0.6) is 0 Å². The number of aromatic nitrogens is 2. The molecule has 0 atom stereocenters. The van der Waals surface area contributed by atoms with Crippen LogP contribution in [-0.2, 0) is 6.54 Å². The van der Waals surface area contributed by atoms with Gasteiger partial charge in [-0.05, 0) is 40.1 Å². The molecule has 1 heterocycles. The monoisotopic (exact) mass is 250 g/mol. The van der Waals surface area contributed by atoms with E-state index in [0.717, 1.165) is 5.52 Å². The van der Waals surface area contributed by atoms with Crippen molar-refractivity contribution in [3.63, 3.8) is 0 Å². The molecule has 0 aliphatic heterocycles. The van der Waals surface area contributed by atoms with Gasteiger partial charge in [-0.25, -0.2) is 9.37 Å². The van der Waals surface area contributed by atoms with Crippen molar-refractivity contribution in [1.29, 1.82) is 0 Å². The van der Waals surface area contributed by atoms with Crippen molar-refractivity contribution in [3.8, 4) is 0 Å². The molecule has 0 spiro atoms. The summed E-state index contributed by atoms with van der Waals surface area (Å²) in [6, 6.07) is 4.56. The highest BCUT2D eigenvalue weighted by atomic mass is 19.1. The fraction of sp³-hybridized carbons (Fsp3) is 0.462. The van der Waals surface area contributed by atoms with Gasteiger partial charge in [-0.15, -0.1) is 0 Å². The van der Waals surface area contributed by atoms with E-state index >= 15 is 0 Å². The largest absolute Gasteiger partial charge is 0.369 e. The van der Waals surface area contributed by atoms with Crippen LogP contribution < -0.4 is 5.73 Å². The summed E-state index contributed by atoms with van der Waals surface area (Å²) < 4.78 is 15.1. The highest BCUT2D eigenvalue weighted by Crippen LogP contribution is 2.23. The van der Waals surface area contributed by atoms with E-state index < -0.39 is 0 Å². The first-order chi connectivity index (χ1) is 8.31. The van der Waals surface area contributed by atoms with Gasteiger partial charge >= 0.3 is 0 Å². The lowest BCUT2D eigenvalue weighted by Gasteiger charge is -2.33. The molecule has 0 unspecified atom stereocenters. The lowest BCUT2D eigenvalue weighted by Crippen LogP contribution is -2.42. The van der Waals surface area contributed by atoms with Gasteiger partial charge in [0.2, 0.25) is 5.95 Å². The van der Waals surface area contributed by atoms with Gasteiger partial charge in [0.05, 0.1) is 11.0 Å². The molecule has 0 saturated heterocycles. The molecule has 4 nitrogen and oxygen atoms in total. The number of likely N-dealkylation sites (N-methyl/N-ethyl adjacent to an activating group) is 1. The third kappa shape index (κ3) is 2.18. The SMILES string of the molecule is CN(C)C(C)(C)Cn1c(N)nc2cc(F)ccc21. The number of rotatable bonds is 3. The number of nitrogens with zero attached hydrogens (tertiary/aromatic N) is 3. The zero-order valence-corrected chi connectivity index (χ0v) is 11.2. The Hall–Kier alpha value is -1.62. The molecule has 18 heavy (non-hydrogen) atoms. The van der Waals surface area contributed by atoms with Crippen LogP contribution in [0.3, 0.4) is 0 Å². The zero-order valence-electron chi connectivity index (χ0n) is 11.2. The number of imidazole rings is 1. The smallest absolute Gasteiger partial charge is 0.201 e. The molecule has 0 radical (unpaired) electrons. The van der Waals surface area contributed by atoms with Crippen LogP contribution in [0.1, 0.15) is 13.8 Å². The molecule has 0 aliphatic rings. The van der Waals surface area contributed by atoms with E-state index in [0.29, 0.717) is 18.0 Å². The third-order valence-electron chi connectivity index (χ3n) is 3.50. The van der Waals surface area contributed by atoms with Crippen LogP contribution in [0.2, 0.25) is 0 Å². The van der Waals surface area contributed by atoms with Gasteiger partial charge in [-0.2, -0.15) is 0 Å². The normalized spacial score (nSPS) is 12.6. The third-order valence-corrected chi connectivity index (χ3v) is 3.50.